The number of esters is 1. The molecule has 0 spiro atoms. The van der Waals surface area contributed by atoms with Crippen molar-refractivity contribution in [3.8, 4) is 0 Å². The van der Waals surface area contributed by atoms with Gasteiger partial charge in [0.2, 0.25) is 11.8 Å². The van der Waals surface area contributed by atoms with Crippen LogP contribution in [0.4, 0.5) is 4.79 Å². The monoisotopic (exact) mass is 539 g/mol. The first-order valence-electron chi connectivity index (χ1n) is 13.3. The van der Waals surface area contributed by atoms with Crippen molar-refractivity contribution in [1.82, 2.24) is 21.7 Å². The molecule has 39 heavy (non-hydrogen) atoms. The number of rotatable bonds is 17. The predicted octanol–water partition coefficient (Wildman–Crippen LogP) is 3.27. The topological polar surface area (TPSA) is 147 Å². The summed E-state index contributed by atoms with van der Waals surface area (Å²) in [5, 5.41) is 7.90. The second-order valence-electron chi connectivity index (χ2n) is 9.09. The lowest BCUT2D eigenvalue weighted by molar-refractivity contribution is -0.147. The van der Waals surface area contributed by atoms with E-state index in [-0.39, 0.29) is 26.1 Å². The van der Waals surface area contributed by atoms with Gasteiger partial charge in [-0.05, 0) is 36.8 Å². The van der Waals surface area contributed by atoms with Crippen molar-refractivity contribution in [2.75, 3.05) is 13.1 Å². The molecular weight excluding hydrogens is 500 g/mol. The lowest BCUT2D eigenvalue weighted by Gasteiger charge is -2.20. The van der Waals surface area contributed by atoms with E-state index in [0.29, 0.717) is 25.9 Å². The predicted molar refractivity (Wildman–Crippen MR) is 146 cm³/mol. The fraction of sp³-hybridized carbons (Fsp3) is 0.448. The van der Waals surface area contributed by atoms with Crippen molar-refractivity contribution in [2.45, 2.75) is 70.7 Å². The Hall–Kier alpha value is -3.92. The number of hydrogen-bond donors (Lipinski definition) is 3. The van der Waals surface area contributed by atoms with Crippen LogP contribution in [0.25, 0.3) is 0 Å². The van der Waals surface area contributed by atoms with Gasteiger partial charge < -0.3 is 25.4 Å². The quantitative estimate of drug-likeness (QED) is 0.208. The van der Waals surface area contributed by atoms with Gasteiger partial charge in [-0.15, -0.1) is 0 Å². The normalized spacial score (nSPS) is 12.1. The Morgan fingerprint density at radius 3 is 1.97 bits per heavy atom. The largest absolute Gasteiger partial charge is 0.461 e. The summed E-state index contributed by atoms with van der Waals surface area (Å²) in [4.78, 5) is 49.5. The van der Waals surface area contributed by atoms with Crippen molar-refractivity contribution >= 4 is 23.9 Å². The second kappa shape index (κ2) is 18.4. The summed E-state index contributed by atoms with van der Waals surface area (Å²) >= 11 is 0. The van der Waals surface area contributed by atoms with E-state index in [1.165, 1.54) is 0 Å². The Kier molecular flexibility index (Phi) is 14.7. The van der Waals surface area contributed by atoms with E-state index in [2.05, 4.69) is 16.0 Å². The molecule has 2 atom stereocenters. The number of alkyl carbamates (subject to hydrolysis) is 1. The molecule has 0 saturated carbocycles. The number of nitrogens with one attached hydrogen (secondary N) is 4. The molecule has 0 aliphatic carbocycles. The second-order valence-corrected chi connectivity index (χ2v) is 9.09. The molecule has 1 radical (unpaired) electrons. The highest BCUT2D eigenvalue weighted by Gasteiger charge is 2.27. The van der Waals surface area contributed by atoms with Gasteiger partial charge in [-0.2, -0.15) is 0 Å². The van der Waals surface area contributed by atoms with Crippen LogP contribution in [0.1, 0.15) is 56.6 Å². The average molecular weight is 540 g/mol. The van der Waals surface area contributed by atoms with Crippen LogP contribution in [-0.4, -0.2) is 49.1 Å². The van der Waals surface area contributed by atoms with E-state index in [4.69, 9.17) is 15.2 Å². The van der Waals surface area contributed by atoms with Crippen LogP contribution in [0.15, 0.2) is 60.7 Å². The highest BCUT2D eigenvalue weighted by Crippen LogP contribution is 2.06. The van der Waals surface area contributed by atoms with E-state index in [9.17, 15) is 19.2 Å². The van der Waals surface area contributed by atoms with Crippen molar-refractivity contribution in [3.05, 3.63) is 71.8 Å². The molecule has 211 valence electrons. The fourth-order valence-corrected chi connectivity index (χ4v) is 3.53. The molecular formula is C29H39N4O6. The Morgan fingerprint density at radius 2 is 1.36 bits per heavy atom. The number of amides is 3. The van der Waals surface area contributed by atoms with Crippen molar-refractivity contribution in [2.24, 2.45) is 0 Å². The number of benzene rings is 2. The maximum atomic E-state index is 12.6. The summed E-state index contributed by atoms with van der Waals surface area (Å²) in [6.07, 6.45) is 2.07. The van der Waals surface area contributed by atoms with Crippen molar-refractivity contribution in [3.63, 3.8) is 0 Å². The van der Waals surface area contributed by atoms with Crippen LogP contribution < -0.4 is 21.7 Å². The van der Waals surface area contributed by atoms with Gasteiger partial charge in [-0.25, -0.2) is 10.5 Å². The Labute approximate surface area is 230 Å². The van der Waals surface area contributed by atoms with E-state index in [1.807, 2.05) is 67.6 Å². The molecule has 2 rings (SSSR count). The molecule has 10 heteroatoms. The van der Waals surface area contributed by atoms with Gasteiger partial charge in [0.25, 0.3) is 0 Å². The SMILES string of the molecule is CCCCNC(=O)C(CC(=O)OCc1ccccc1)NC(=O)C([NH])CCCCNC(=O)OCc1ccccc1. The van der Waals surface area contributed by atoms with Crippen molar-refractivity contribution < 1.29 is 28.7 Å². The van der Waals surface area contributed by atoms with E-state index in [1.54, 1.807) is 0 Å². The molecule has 0 saturated heterocycles. The minimum absolute atomic E-state index is 0.0622. The minimum atomic E-state index is -1.13. The highest BCUT2D eigenvalue weighted by molar-refractivity contribution is 5.92. The van der Waals surface area contributed by atoms with Gasteiger partial charge in [-0.3, -0.25) is 14.4 Å². The first-order valence-corrected chi connectivity index (χ1v) is 13.3. The molecule has 0 aliphatic rings. The zero-order valence-electron chi connectivity index (χ0n) is 22.4. The van der Waals surface area contributed by atoms with Gasteiger partial charge >= 0.3 is 12.1 Å². The van der Waals surface area contributed by atoms with E-state index in [0.717, 1.165) is 24.0 Å². The number of carbonyl (C=O) groups is 4. The smallest absolute Gasteiger partial charge is 0.407 e. The lowest BCUT2D eigenvalue weighted by Crippen LogP contribution is -2.51. The van der Waals surface area contributed by atoms with Gasteiger partial charge in [-0.1, -0.05) is 74.0 Å². The molecule has 0 aliphatic heterocycles. The molecule has 3 amide bonds. The van der Waals surface area contributed by atoms with E-state index < -0.39 is 36.0 Å². The number of carbonyl (C=O) groups excluding carboxylic acids is 4. The lowest BCUT2D eigenvalue weighted by atomic mass is 10.1. The Morgan fingerprint density at radius 1 is 0.769 bits per heavy atom. The summed E-state index contributed by atoms with van der Waals surface area (Å²) in [5.41, 5.74) is 9.86. The van der Waals surface area contributed by atoms with Gasteiger partial charge in [0.05, 0.1) is 12.5 Å². The number of unbranched alkanes of at least 4 members (excludes halogenated alkanes) is 2. The Balaban J connectivity index is 1.73. The minimum Gasteiger partial charge on any atom is -0.461 e. The zero-order valence-corrected chi connectivity index (χ0v) is 22.4. The maximum Gasteiger partial charge on any atom is 0.407 e. The third-order valence-corrected chi connectivity index (χ3v) is 5.79. The van der Waals surface area contributed by atoms with Crippen LogP contribution in [0, 0.1) is 0 Å². The molecule has 2 aromatic rings. The zero-order chi connectivity index (χ0) is 28.3. The van der Waals surface area contributed by atoms with Crippen LogP contribution in [-0.2, 0) is 37.1 Å². The third kappa shape index (κ3) is 13.4. The fourth-order valence-electron chi connectivity index (χ4n) is 3.53. The Bertz CT molecular complexity index is 1020. The summed E-state index contributed by atoms with van der Waals surface area (Å²) in [6.45, 7) is 2.99. The van der Waals surface area contributed by atoms with Crippen molar-refractivity contribution in [1.29, 1.82) is 0 Å². The molecule has 0 bridgehead atoms. The first kappa shape index (κ1) is 31.3. The summed E-state index contributed by atoms with van der Waals surface area (Å²) in [5.74, 6) is -1.75. The van der Waals surface area contributed by atoms with Gasteiger partial charge in [0, 0.05) is 13.1 Å². The van der Waals surface area contributed by atoms with Gasteiger partial charge in [0.15, 0.2) is 0 Å². The number of ether oxygens (including phenoxy) is 2. The van der Waals surface area contributed by atoms with Crippen LogP contribution in [0.5, 0.6) is 0 Å². The molecule has 2 aromatic carbocycles. The molecule has 0 fully saturated rings. The molecule has 0 aromatic heterocycles. The highest BCUT2D eigenvalue weighted by atomic mass is 16.5. The molecule has 4 N–H and O–H groups in total. The molecule has 0 heterocycles. The van der Waals surface area contributed by atoms with E-state index >= 15 is 0 Å². The number of hydrogen-bond acceptors (Lipinski definition) is 6. The van der Waals surface area contributed by atoms with Gasteiger partial charge in [0.1, 0.15) is 19.3 Å². The molecule has 2 unspecified atom stereocenters. The summed E-state index contributed by atoms with van der Waals surface area (Å²) in [7, 11) is 0. The summed E-state index contributed by atoms with van der Waals surface area (Å²) in [6, 6.07) is 16.2. The van der Waals surface area contributed by atoms with Crippen LogP contribution in [0.3, 0.4) is 0 Å². The van der Waals surface area contributed by atoms with Crippen LogP contribution >= 0.6 is 0 Å². The maximum absolute atomic E-state index is 12.6. The van der Waals surface area contributed by atoms with Crippen LogP contribution in [0.2, 0.25) is 0 Å². The standard InChI is InChI=1S/C29H39N4O6/c1-2-3-17-31-28(36)25(19-26(34)38-20-22-12-6-4-7-13-22)33-27(35)24(30)16-10-11-18-32-29(37)39-21-23-14-8-5-9-15-23/h4-9,12-15,24-25,30H,2-3,10-11,16-21H2,1H3,(H,31,36)(H,32,37)(H,33,35). The molecule has 10 nitrogen and oxygen atoms in total. The first-order chi connectivity index (χ1) is 18.9. The average Bonchev–Trinajstić information content (AvgIpc) is 2.95. The summed E-state index contributed by atoms with van der Waals surface area (Å²) < 4.78 is 10.4. The third-order valence-electron chi connectivity index (χ3n) is 5.79.